The Morgan fingerprint density at radius 2 is 1.53 bits per heavy atom. The maximum atomic E-state index is 11.9. The number of aryl methyl sites for hydroxylation is 1. The van der Waals surface area contributed by atoms with Crippen LogP contribution in [0.25, 0.3) is 11.0 Å². The molecule has 184 valence electrons. The normalized spacial score (nSPS) is 24.3. The van der Waals surface area contributed by atoms with E-state index < -0.39 is 54.2 Å². The summed E-state index contributed by atoms with van der Waals surface area (Å²) in [7, 11) is 1.41. The molecule has 11 nitrogen and oxygen atoms in total. The second-order valence-electron chi connectivity index (χ2n) is 7.74. The largest absolute Gasteiger partial charge is 0.461 e. The number of hydrogen-bond acceptors (Lipinski definition) is 11. The molecule has 1 aromatic heterocycles. The number of rotatable bonds is 7. The fourth-order valence-corrected chi connectivity index (χ4v) is 3.76. The van der Waals surface area contributed by atoms with Crippen LogP contribution in [0.4, 0.5) is 0 Å². The molecule has 1 aromatic carbocycles. The maximum Gasteiger partial charge on any atom is 0.336 e. The summed E-state index contributed by atoms with van der Waals surface area (Å²) in [6.45, 7) is 5.24. The van der Waals surface area contributed by atoms with Gasteiger partial charge in [-0.05, 0) is 24.6 Å². The van der Waals surface area contributed by atoms with Crippen LogP contribution in [0.2, 0.25) is 0 Å². The molecule has 1 saturated heterocycles. The highest BCUT2D eigenvalue weighted by molar-refractivity contribution is 5.81. The lowest BCUT2D eigenvalue weighted by Crippen LogP contribution is -2.63. The van der Waals surface area contributed by atoms with E-state index in [9.17, 15) is 19.2 Å². The standard InChI is InChI=1S/C23H26O11/c1-11-8-19(27)33-17-9-15(6-7-16(11)17)32-23-22(31-14(4)26)21(30-13(3)25)20(29-12(2)24)18(34-23)10-28-5/h6-9,18,20-23H,10H2,1-5H3/t18-,20+,21+,22-,23-/m1/s1. The van der Waals surface area contributed by atoms with Gasteiger partial charge in [-0.1, -0.05) is 0 Å². The van der Waals surface area contributed by atoms with Crippen molar-refractivity contribution in [2.75, 3.05) is 13.7 Å². The van der Waals surface area contributed by atoms with Crippen molar-refractivity contribution < 1.29 is 47.2 Å². The van der Waals surface area contributed by atoms with Crippen LogP contribution in [0.3, 0.4) is 0 Å². The van der Waals surface area contributed by atoms with E-state index in [1.54, 1.807) is 19.1 Å². The molecule has 5 atom stereocenters. The Hall–Kier alpha value is -3.44. The number of hydrogen-bond donors (Lipinski definition) is 0. The first-order chi connectivity index (χ1) is 16.1. The zero-order chi connectivity index (χ0) is 25.0. The lowest BCUT2D eigenvalue weighted by molar-refractivity contribution is -0.288. The predicted octanol–water partition coefficient (Wildman–Crippen LogP) is 1.65. The third-order valence-electron chi connectivity index (χ3n) is 5.00. The first kappa shape index (κ1) is 25.2. The van der Waals surface area contributed by atoms with Crippen LogP contribution in [-0.4, -0.2) is 62.3 Å². The Morgan fingerprint density at radius 1 is 0.912 bits per heavy atom. The highest BCUT2D eigenvalue weighted by Gasteiger charge is 2.53. The van der Waals surface area contributed by atoms with Crippen molar-refractivity contribution in [1.82, 2.24) is 0 Å². The number of methoxy groups -OCH3 is 1. The summed E-state index contributed by atoms with van der Waals surface area (Å²) in [6.07, 6.45) is -5.88. The molecule has 1 aliphatic heterocycles. The van der Waals surface area contributed by atoms with E-state index in [0.717, 1.165) is 12.5 Å². The fourth-order valence-electron chi connectivity index (χ4n) is 3.76. The highest BCUT2D eigenvalue weighted by Crippen LogP contribution is 2.32. The van der Waals surface area contributed by atoms with Crippen LogP contribution < -0.4 is 10.4 Å². The van der Waals surface area contributed by atoms with Crippen LogP contribution in [0.1, 0.15) is 26.3 Å². The van der Waals surface area contributed by atoms with Gasteiger partial charge in [-0.3, -0.25) is 14.4 Å². The summed E-state index contributed by atoms with van der Waals surface area (Å²) in [6, 6.07) is 6.18. The molecule has 0 unspecified atom stereocenters. The number of benzene rings is 1. The van der Waals surface area contributed by atoms with Crippen molar-refractivity contribution in [2.45, 2.75) is 58.4 Å². The molecule has 0 saturated carbocycles. The first-order valence-electron chi connectivity index (χ1n) is 10.5. The van der Waals surface area contributed by atoms with E-state index in [1.807, 2.05) is 0 Å². The Morgan fingerprint density at radius 3 is 2.15 bits per heavy atom. The Kier molecular flexibility index (Phi) is 7.90. The van der Waals surface area contributed by atoms with Crippen molar-refractivity contribution in [2.24, 2.45) is 0 Å². The zero-order valence-corrected chi connectivity index (χ0v) is 19.4. The smallest absolute Gasteiger partial charge is 0.336 e. The molecule has 0 aliphatic carbocycles. The van der Waals surface area contributed by atoms with Crippen molar-refractivity contribution in [3.8, 4) is 5.75 Å². The molecule has 0 spiro atoms. The zero-order valence-electron chi connectivity index (χ0n) is 19.4. The molecular formula is C23H26O11. The molecule has 1 aliphatic rings. The molecule has 2 heterocycles. The summed E-state index contributed by atoms with van der Waals surface area (Å²) >= 11 is 0. The molecule has 0 radical (unpaired) electrons. The Labute approximate surface area is 194 Å². The summed E-state index contributed by atoms with van der Waals surface area (Å²) in [5.74, 6) is -1.83. The van der Waals surface area contributed by atoms with Gasteiger partial charge in [-0.2, -0.15) is 0 Å². The Balaban J connectivity index is 2.01. The van der Waals surface area contributed by atoms with Gasteiger partial charge in [-0.25, -0.2) is 4.79 Å². The lowest BCUT2D eigenvalue weighted by atomic mass is 9.98. The second-order valence-corrected chi connectivity index (χ2v) is 7.74. The second kappa shape index (κ2) is 10.7. The van der Waals surface area contributed by atoms with E-state index >= 15 is 0 Å². The summed E-state index contributed by atoms with van der Waals surface area (Å²) in [4.78, 5) is 47.2. The van der Waals surface area contributed by atoms with Gasteiger partial charge in [0.05, 0.1) is 6.61 Å². The highest BCUT2D eigenvalue weighted by atomic mass is 16.7. The maximum absolute atomic E-state index is 11.9. The SMILES string of the molecule is COC[C@H]1O[C@@H](Oc2ccc3c(C)cc(=O)oc3c2)[C@H](OC(C)=O)[C@@H](OC(C)=O)[C@H]1OC(C)=O. The van der Waals surface area contributed by atoms with Gasteiger partial charge in [0.1, 0.15) is 17.4 Å². The fraction of sp³-hybridized carbons (Fsp3) is 0.478. The third kappa shape index (κ3) is 5.91. The van der Waals surface area contributed by atoms with Crippen molar-refractivity contribution in [1.29, 1.82) is 0 Å². The van der Waals surface area contributed by atoms with Crippen LogP contribution in [0, 0.1) is 6.92 Å². The quantitative estimate of drug-likeness (QED) is 0.326. The van der Waals surface area contributed by atoms with E-state index in [-0.39, 0.29) is 17.9 Å². The number of esters is 3. The van der Waals surface area contributed by atoms with Gasteiger partial charge in [0.15, 0.2) is 12.2 Å². The predicted molar refractivity (Wildman–Crippen MR) is 115 cm³/mol. The molecule has 2 aromatic rings. The molecule has 0 N–H and O–H groups in total. The topological polar surface area (TPSA) is 137 Å². The minimum absolute atomic E-state index is 0.0475. The molecule has 3 rings (SSSR count). The molecular weight excluding hydrogens is 452 g/mol. The number of ether oxygens (including phenoxy) is 6. The molecule has 0 amide bonds. The average Bonchev–Trinajstić information content (AvgIpc) is 2.72. The molecule has 11 heteroatoms. The van der Waals surface area contributed by atoms with Crippen molar-refractivity contribution in [3.63, 3.8) is 0 Å². The molecule has 34 heavy (non-hydrogen) atoms. The first-order valence-corrected chi connectivity index (χ1v) is 10.5. The summed E-state index contributed by atoms with van der Waals surface area (Å²) < 4.78 is 38.4. The lowest BCUT2D eigenvalue weighted by Gasteiger charge is -2.44. The summed E-state index contributed by atoms with van der Waals surface area (Å²) in [5, 5.41) is 0.706. The van der Waals surface area contributed by atoms with E-state index in [0.29, 0.717) is 5.39 Å². The average molecular weight is 478 g/mol. The van der Waals surface area contributed by atoms with Crippen LogP contribution in [0.5, 0.6) is 5.75 Å². The van der Waals surface area contributed by atoms with Crippen molar-refractivity contribution >= 4 is 28.9 Å². The number of carbonyl (C=O) groups is 3. The van der Waals surface area contributed by atoms with Gasteiger partial charge >= 0.3 is 23.5 Å². The van der Waals surface area contributed by atoms with Gasteiger partial charge in [0.25, 0.3) is 0 Å². The van der Waals surface area contributed by atoms with E-state index in [4.69, 9.17) is 32.8 Å². The minimum atomic E-state index is -1.29. The number of carbonyl (C=O) groups excluding carboxylic acids is 3. The molecule has 1 fully saturated rings. The van der Waals surface area contributed by atoms with Crippen LogP contribution in [-0.2, 0) is 38.1 Å². The summed E-state index contributed by atoms with van der Waals surface area (Å²) in [5.41, 5.74) is 0.488. The minimum Gasteiger partial charge on any atom is -0.461 e. The van der Waals surface area contributed by atoms with Gasteiger partial charge in [-0.15, -0.1) is 0 Å². The van der Waals surface area contributed by atoms with Gasteiger partial charge < -0.3 is 32.8 Å². The van der Waals surface area contributed by atoms with Gasteiger partial charge in [0.2, 0.25) is 12.4 Å². The van der Waals surface area contributed by atoms with Crippen molar-refractivity contribution in [3.05, 3.63) is 40.2 Å². The van der Waals surface area contributed by atoms with Crippen LogP contribution >= 0.6 is 0 Å². The van der Waals surface area contributed by atoms with Gasteiger partial charge in [0, 0.05) is 45.4 Å². The van der Waals surface area contributed by atoms with E-state index in [1.165, 1.54) is 33.1 Å². The third-order valence-corrected chi connectivity index (χ3v) is 5.00. The van der Waals surface area contributed by atoms with E-state index in [2.05, 4.69) is 0 Å². The monoisotopic (exact) mass is 478 g/mol. The van der Waals surface area contributed by atoms with Crippen LogP contribution in [0.15, 0.2) is 33.5 Å². The number of fused-ring (bicyclic) bond motifs is 1. The Bertz CT molecular complexity index is 1120. The molecule has 0 bridgehead atoms.